The normalized spacial score (nSPS) is 17.2. The summed E-state index contributed by atoms with van der Waals surface area (Å²) in [5.74, 6) is 0.437. The van der Waals surface area contributed by atoms with Gasteiger partial charge in [-0.05, 0) is 43.5 Å². The van der Waals surface area contributed by atoms with Crippen LogP contribution in [-0.4, -0.2) is 42.9 Å². The summed E-state index contributed by atoms with van der Waals surface area (Å²) in [6, 6.07) is 5.93. The van der Waals surface area contributed by atoms with Crippen LogP contribution in [0.25, 0.3) is 0 Å². The van der Waals surface area contributed by atoms with E-state index in [9.17, 15) is 5.11 Å². The molecule has 1 fully saturated rings. The molecule has 0 saturated carbocycles. The highest BCUT2D eigenvalue weighted by Crippen LogP contribution is 2.19. The fourth-order valence-corrected chi connectivity index (χ4v) is 2.20. The molecule has 1 aliphatic rings. The third-order valence-electron chi connectivity index (χ3n) is 3.26. The summed E-state index contributed by atoms with van der Waals surface area (Å²) in [5, 5.41) is 9.79. The highest BCUT2D eigenvalue weighted by Gasteiger charge is 2.10. The number of phenols is 1. The number of phenolic OH excluding ortho intramolecular Hbond substituents is 1. The third-order valence-corrected chi connectivity index (χ3v) is 3.26. The molecule has 3 heteroatoms. The van der Waals surface area contributed by atoms with E-state index in [1.54, 1.807) is 0 Å². The van der Waals surface area contributed by atoms with Gasteiger partial charge in [-0.25, -0.2) is 0 Å². The van der Waals surface area contributed by atoms with Crippen LogP contribution in [-0.2, 0) is 11.2 Å². The Morgan fingerprint density at radius 3 is 2.76 bits per heavy atom. The summed E-state index contributed by atoms with van der Waals surface area (Å²) in [6.45, 7) is 6.89. The molecule has 0 atom stereocenters. The number of aromatic hydroxyl groups is 1. The molecule has 1 aromatic carbocycles. The van der Waals surface area contributed by atoms with Gasteiger partial charge in [-0.3, -0.25) is 4.90 Å². The van der Waals surface area contributed by atoms with Crippen molar-refractivity contribution in [2.75, 3.05) is 32.8 Å². The zero-order valence-electron chi connectivity index (χ0n) is 10.5. The average molecular weight is 235 g/mol. The van der Waals surface area contributed by atoms with Crippen molar-refractivity contribution >= 4 is 0 Å². The van der Waals surface area contributed by atoms with Gasteiger partial charge in [0.2, 0.25) is 0 Å². The molecule has 0 radical (unpaired) electrons. The Morgan fingerprint density at radius 1 is 1.29 bits per heavy atom. The molecule has 0 amide bonds. The molecule has 1 N–H and O–H groups in total. The predicted octanol–water partition coefficient (Wildman–Crippen LogP) is 1.97. The summed E-state index contributed by atoms with van der Waals surface area (Å²) >= 11 is 0. The van der Waals surface area contributed by atoms with Gasteiger partial charge in [-0.1, -0.05) is 12.1 Å². The highest BCUT2D eigenvalue weighted by molar-refractivity contribution is 5.35. The fraction of sp³-hybridized carbons (Fsp3) is 0.571. The van der Waals surface area contributed by atoms with Gasteiger partial charge < -0.3 is 9.84 Å². The largest absolute Gasteiger partial charge is 0.508 e. The molecule has 2 rings (SSSR count). The number of hydrogen-bond donors (Lipinski definition) is 1. The van der Waals surface area contributed by atoms with Crippen molar-refractivity contribution in [3.8, 4) is 5.75 Å². The van der Waals surface area contributed by atoms with Gasteiger partial charge in [-0.15, -0.1) is 0 Å². The number of hydrogen-bond acceptors (Lipinski definition) is 3. The van der Waals surface area contributed by atoms with Crippen LogP contribution in [0.5, 0.6) is 5.75 Å². The van der Waals surface area contributed by atoms with Crippen molar-refractivity contribution in [2.24, 2.45) is 0 Å². The lowest BCUT2D eigenvalue weighted by molar-refractivity contribution is 0.0374. The fourth-order valence-electron chi connectivity index (χ4n) is 2.20. The summed E-state index contributed by atoms with van der Waals surface area (Å²) in [4.78, 5) is 2.43. The Balaban J connectivity index is 1.77. The quantitative estimate of drug-likeness (QED) is 0.866. The first kappa shape index (κ1) is 12.4. The van der Waals surface area contributed by atoms with Crippen molar-refractivity contribution in [3.05, 3.63) is 29.3 Å². The minimum absolute atomic E-state index is 0.437. The van der Waals surface area contributed by atoms with E-state index in [2.05, 4.69) is 11.0 Å². The molecule has 0 bridgehead atoms. The number of nitrogens with zero attached hydrogens (tertiary/aromatic N) is 1. The van der Waals surface area contributed by atoms with E-state index in [0.29, 0.717) is 5.75 Å². The van der Waals surface area contributed by atoms with E-state index in [1.165, 1.54) is 0 Å². The van der Waals surface area contributed by atoms with E-state index in [-0.39, 0.29) is 0 Å². The van der Waals surface area contributed by atoms with Crippen LogP contribution >= 0.6 is 0 Å². The summed E-state index contributed by atoms with van der Waals surface area (Å²) in [5.41, 5.74) is 2.17. The first-order chi connectivity index (χ1) is 8.25. The molecule has 1 saturated heterocycles. The Hall–Kier alpha value is -1.06. The molecule has 1 heterocycles. The lowest BCUT2D eigenvalue weighted by Gasteiger charge is -2.26. The maximum Gasteiger partial charge on any atom is 0.119 e. The molecule has 3 nitrogen and oxygen atoms in total. The van der Waals surface area contributed by atoms with Gasteiger partial charge >= 0.3 is 0 Å². The van der Waals surface area contributed by atoms with E-state index in [4.69, 9.17) is 4.74 Å². The molecular formula is C14H21NO2. The second kappa shape index (κ2) is 6.03. The second-order valence-electron chi connectivity index (χ2n) is 4.69. The minimum atomic E-state index is 0.437. The number of rotatable bonds is 4. The summed E-state index contributed by atoms with van der Waals surface area (Å²) in [7, 11) is 0. The number of morpholine rings is 1. The van der Waals surface area contributed by atoms with Gasteiger partial charge in [0, 0.05) is 13.1 Å². The maximum atomic E-state index is 9.79. The van der Waals surface area contributed by atoms with Crippen molar-refractivity contribution in [3.63, 3.8) is 0 Å². The maximum absolute atomic E-state index is 9.79. The van der Waals surface area contributed by atoms with Crippen LogP contribution in [0.2, 0.25) is 0 Å². The molecule has 94 valence electrons. The Kier molecular flexibility index (Phi) is 4.40. The predicted molar refractivity (Wildman–Crippen MR) is 68.4 cm³/mol. The summed E-state index contributed by atoms with van der Waals surface area (Å²) in [6.07, 6.45) is 2.04. The second-order valence-corrected chi connectivity index (χ2v) is 4.69. The lowest BCUT2D eigenvalue weighted by Crippen LogP contribution is -2.36. The number of benzene rings is 1. The first-order valence-electron chi connectivity index (χ1n) is 6.34. The SMILES string of the molecule is Cc1ccc(CCCN2CCOCC2)c(O)c1. The first-order valence-corrected chi connectivity index (χ1v) is 6.34. The van der Waals surface area contributed by atoms with E-state index in [1.807, 2.05) is 19.1 Å². The van der Waals surface area contributed by atoms with Gasteiger partial charge in [-0.2, -0.15) is 0 Å². The third kappa shape index (κ3) is 3.72. The Morgan fingerprint density at radius 2 is 2.06 bits per heavy atom. The highest BCUT2D eigenvalue weighted by atomic mass is 16.5. The van der Waals surface area contributed by atoms with Crippen LogP contribution in [0.1, 0.15) is 17.5 Å². The van der Waals surface area contributed by atoms with Gasteiger partial charge in [0.15, 0.2) is 0 Å². The van der Waals surface area contributed by atoms with Gasteiger partial charge in [0.1, 0.15) is 5.75 Å². The van der Waals surface area contributed by atoms with E-state index >= 15 is 0 Å². The van der Waals surface area contributed by atoms with Gasteiger partial charge in [0.25, 0.3) is 0 Å². The van der Waals surface area contributed by atoms with Crippen LogP contribution in [0.4, 0.5) is 0 Å². The average Bonchev–Trinajstić information content (AvgIpc) is 2.33. The van der Waals surface area contributed by atoms with Crippen molar-refractivity contribution in [1.29, 1.82) is 0 Å². The molecule has 1 aromatic rings. The van der Waals surface area contributed by atoms with Crippen LogP contribution in [0.15, 0.2) is 18.2 Å². The molecular weight excluding hydrogens is 214 g/mol. The molecule has 0 unspecified atom stereocenters. The van der Waals surface area contributed by atoms with Crippen LogP contribution in [0.3, 0.4) is 0 Å². The molecule has 17 heavy (non-hydrogen) atoms. The smallest absolute Gasteiger partial charge is 0.119 e. The Labute approximate surface area is 103 Å². The van der Waals surface area contributed by atoms with E-state index < -0.39 is 0 Å². The van der Waals surface area contributed by atoms with E-state index in [0.717, 1.165) is 56.8 Å². The van der Waals surface area contributed by atoms with Crippen molar-refractivity contribution < 1.29 is 9.84 Å². The topological polar surface area (TPSA) is 32.7 Å². The zero-order chi connectivity index (χ0) is 12.1. The van der Waals surface area contributed by atoms with Crippen molar-refractivity contribution in [2.45, 2.75) is 19.8 Å². The zero-order valence-corrected chi connectivity index (χ0v) is 10.5. The Bertz CT molecular complexity index is 359. The lowest BCUT2D eigenvalue weighted by atomic mass is 10.1. The monoisotopic (exact) mass is 235 g/mol. The summed E-state index contributed by atoms with van der Waals surface area (Å²) < 4.78 is 5.31. The molecule has 1 aliphatic heterocycles. The number of aryl methyl sites for hydroxylation is 2. The number of ether oxygens (including phenoxy) is 1. The minimum Gasteiger partial charge on any atom is -0.508 e. The molecule has 0 aromatic heterocycles. The standard InChI is InChI=1S/C14H21NO2/c1-12-4-5-13(14(16)11-12)3-2-6-15-7-9-17-10-8-15/h4-5,11,16H,2-3,6-10H2,1H3. The van der Waals surface area contributed by atoms with Crippen LogP contribution in [0, 0.1) is 6.92 Å². The molecule has 0 spiro atoms. The van der Waals surface area contributed by atoms with Crippen molar-refractivity contribution in [1.82, 2.24) is 4.90 Å². The van der Waals surface area contributed by atoms with Crippen LogP contribution < -0.4 is 0 Å². The van der Waals surface area contributed by atoms with Gasteiger partial charge in [0.05, 0.1) is 13.2 Å². The molecule has 0 aliphatic carbocycles.